The molecule has 0 spiro atoms. The average molecular weight is 853 g/mol. The van der Waals surface area contributed by atoms with Crippen LogP contribution >= 0.6 is 0 Å². The van der Waals surface area contributed by atoms with E-state index < -0.39 is 186 Å². The molecule has 0 bridgehead atoms. The third-order valence-corrected chi connectivity index (χ3v) is 11.7. The first-order valence-electron chi connectivity index (χ1n) is 18.8. The van der Waals surface area contributed by atoms with Crippen molar-refractivity contribution in [1.29, 1.82) is 0 Å². The van der Waals surface area contributed by atoms with Gasteiger partial charge in [0.05, 0.1) is 57.3 Å². The van der Waals surface area contributed by atoms with E-state index in [1.807, 2.05) is 0 Å². The fraction of sp³-hybridized carbons (Fsp3) is 1.00. The van der Waals surface area contributed by atoms with Gasteiger partial charge in [-0.1, -0.05) is 0 Å². The van der Waals surface area contributed by atoms with Crippen molar-refractivity contribution in [3.63, 3.8) is 0 Å². The quantitative estimate of drug-likeness (QED) is 0.0727. The molecule has 26 atom stereocenters. The molecule has 14 N–H and O–H groups in total. The summed E-state index contributed by atoms with van der Waals surface area (Å²) in [4.78, 5) is 0. The fourth-order valence-electron chi connectivity index (χ4n) is 8.38. The third-order valence-electron chi connectivity index (χ3n) is 11.7. The van der Waals surface area contributed by atoms with Crippen molar-refractivity contribution < 1.29 is 124 Å². The van der Waals surface area contributed by atoms with Crippen LogP contribution in [0.3, 0.4) is 0 Å². The maximum atomic E-state index is 11.2. The van der Waals surface area contributed by atoms with Crippen LogP contribution in [0.25, 0.3) is 0 Å². The lowest BCUT2D eigenvalue weighted by Gasteiger charge is -2.50. The molecule has 1 aliphatic carbocycles. The van der Waals surface area contributed by atoms with E-state index in [9.17, 15) is 71.5 Å². The highest BCUT2D eigenvalue weighted by Crippen LogP contribution is 2.48. The van der Waals surface area contributed by atoms with Crippen LogP contribution < -0.4 is 0 Å². The predicted octanol–water partition coefficient (Wildman–Crippen LogP) is -9.73. The first kappa shape index (κ1) is 46.5. The number of fused-ring (bicyclic) bond motifs is 1. The van der Waals surface area contributed by atoms with Gasteiger partial charge in [0.25, 0.3) is 0 Å². The van der Waals surface area contributed by atoms with Gasteiger partial charge in [-0.25, -0.2) is 0 Å². The normalized spacial score (nSPS) is 53.6. The minimum atomic E-state index is -2.06. The summed E-state index contributed by atoms with van der Waals surface area (Å²) in [6.45, 7) is -3.46. The molecule has 6 aliphatic rings. The van der Waals surface area contributed by atoms with Crippen molar-refractivity contribution in [2.45, 2.75) is 147 Å². The van der Waals surface area contributed by atoms with Gasteiger partial charge >= 0.3 is 0 Å². The van der Waals surface area contributed by atoms with Crippen molar-refractivity contribution in [2.75, 3.05) is 47.3 Å². The molecule has 338 valence electrons. The monoisotopic (exact) mass is 852 g/mol. The van der Waals surface area contributed by atoms with Crippen molar-refractivity contribution >= 4 is 0 Å². The van der Waals surface area contributed by atoms with E-state index in [0.29, 0.717) is 0 Å². The number of ether oxygens (including phenoxy) is 11. The molecular formula is C33H56O25. The molecule has 5 aliphatic heterocycles. The Kier molecular flexibility index (Phi) is 15.7. The minimum Gasteiger partial charge on any atom is -0.396 e. The van der Waals surface area contributed by atoms with Gasteiger partial charge in [0.15, 0.2) is 31.5 Å². The number of hydrogen-bond acceptors (Lipinski definition) is 25. The average Bonchev–Trinajstić information content (AvgIpc) is 3.43. The maximum Gasteiger partial charge on any atom is 0.187 e. The highest BCUT2D eigenvalue weighted by atomic mass is 16.8. The highest BCUT2D eigenvalue weighted by Gasteiger charge is 2.63. The van der Waals surface area contributed by atoms with Gasteiger partial charge in [0, 0.05) is 20.1 Å². The summed E-state index contributed by atoms with van der Waals surface area (Å²) in [6, 6.07) is 0. The Bertz CT molecular complexity index is 1270. The van der Waals surface area contributed by atoms with Crippen molar-refractivity contribution in [2.24, 2.45) is 11.8 Å². The zero-order valence-corrected chi connectivity index (χ0v) is 31.3. The predicted molar refractivity (Wildman–Crippen MR) is 177 cm³/mol. The molecule has 5 heterocycles. The molecule has 5 saturated heterocycles. The van der Waals surface area contributed by atoms with E-state index >= 15 is 0 Å². The van der Waals surface area contributed by atoms with E-state index in [1.54, 1.807) is 0 Å². The summed E-state index contributed by atoms with van der Waals surface area (Å²) in [6.07, 6.45) is -37.8. The van der Waals surface area contributed by atoms with Crippen molar-refractivity contribution in [1.82, 2.24) is 0 Å². The minimum absolute atomic E-state index is 0.346. The number of aliphatic hydroxyl groups is 14. The molecule has 0 aromatic heterocycles. The second-order valence-electron chi connectivity index (χ2n) is 15.1. The van der Waals surface area contributed by atoms with Crippen LogP contribution in [0.1, 0.15) is 0 Å². The lowest BCUT2D eigenvalue weighted by Crippen LogP contribution is -2.67. The van der Waals surface area contributed by atoms with Crippen LogP contribution in [0, 0.1) is 11.8 Å². The molecule has 11 unspecified atom stereocenters. The summed E-state index contributed by atoms with van der Waals surface area (Å²) in [7, 11) is 2.51. The Balaban J connectivity index is 1.10. The van der Waals surface area contributed by atoms with Gasteiger partial charge < -0.3 is 124 Å². The number of methoxy groups -OCH3 is 2. The lowest BCUT2D eigenvalue weighted by molar-refractivity contribution is -0.394. The van der Waals surface area contributed by atoms with E-state index in [1.165, 1.54) is 7.11 Å². The van der Waals surface area contributed by atoms with E-state index in [4.69, 9.17) is 52.1 Å². The largest absolute Gasteiger partial charge is 0.396 e. The molecule has 0 aromatic rings. The zero-order chi connectivity index (χ0) is 42.3. The van der Waals surface area contributed by atoms with Gasteiger partial charge in [-0.15, -0.1) is 0 Å². The molecule has 25 heteroatoms. The van der Waals surface area contributed by atoms with Gasteiger partial charge in [0.1, 0.15) is 97.7 Å². The Morgan fingerprint density at radius 3 is 1.31 bits per heavy atom. The summed E-state index contributed by atoms with van der Waals surface area (Å²) < 4.78 is 61.4. The molecule has 25 nitrogen and oxygen atoms in total. The Labute approximate surface area is 330 Å². The second-order valence-corrected chi connectivity index (χ2v) is 15.1. The van der Waals surface area contributed by atoms with Crippen LogP contribution in [-0.4, -0.2) is 266 Å². The molecule has 1 saturated carbocycles. The summed E-state index contributed by atoms with van der Waals surface area (Å²) in [5.41, 5.74) is 0. The highest BCUT2D eigenvalue weighted by molar-refractivity contribution is 5.07. The van der Waals surface area contributed by atoms with Crippen LogP contribution in [0.5, 0.6) is 0 Å². The molecular weight excluding hydrogens is 796 g/mol. The summed E-state index contributed by atoms with van der Waals surface area (Å²) in [5.74, 6) is -1.25. The molecule has 58 heavy (non-hydrogen) atoms. The van der Waals surface area contributed by atoms with Gasteiger partial charge in [0.2, 0.25) is 0 Å². The molecule has 6 fully saturated rings. The van der Waals surface area contributed by atoms with Gasteiger partial charge in [-0.2, -0.15) is 0 Å². The van der Waals surface area contributed by atoms with Gasteiger partial charge in [-0.3, -0.25) is 0 Å². The van der Waals surface area contributed by atoms with Crippen molar-refractivity contribution in [3.8, 4) is 0 Å². The zero-order valence-electron chi connectivity index (χ0n) is 31.3. The number of hydrogen-bond donors (Lipinski definition) is 14. The lowest BCUT2D eigenvalue weighted by atomic mass is 9.93. The van der Waals surface area contributed by atoms with Crippen LogP contribution in [0.15, 0.2) is 0 Å². The Hall–Kier alpha value is -1.00. The van der Waals surface area contributed by atoms with Crippen LogP contribution in [-0.2, 0) is 52.1 Å². The molecule has 0 aromatic carbocycles. The van der Waals surface area contributed by atoms with Crippen LogP contribution in [0.4, 0.5) is 0 Å². The Morgan fingerprint density at radius 1 is 0.379 bits per heavy atom. The van der Waals surface area contributed by atoms with E-state index in [2.05, 4.69) is 0 Å². The topological polar surface area (TPSA) is 385 Å². The Morgan fingerprint density at radius 2 is 0.828 bits per heavy atom. The summed E-state index contributed by atoms with van der Waals surface area (Å²) >= 11 is 0. The number of rotatable bonds is 15. The SMILES string of the molecule is CO[C@@H]1OC(CO[C@H]2OC(CO)[C@H](O)[C@H](O)C2O)[C@@H](O[C@@H]2O[C@@H](CO)[C@@H](O[C@@H]3OC(CO)[C@@H](O[C@@H]4O[C@@H]5C4C(O)[C@H](OC)C5CO)[C@H](O)C3O)C(O)C2O)[C@H](O)C1O. The standard InChI is InChI=1S/C33H56O25/c1-48-25-8(3-34)24-13(15(25)39)29(55-24)56-26-10(5-36)52-32(22(46)18(26)42)57-27-11(6-37)53-33(23(47)19(27)43)58-28-12(54-30(49-2)21(45)17(28)41)7-50-31-20(44)16(40)14(38)9(4-35)51-31/h8-47H,3-7H2,1-2H3/t8?,9?,10?,11-,12?,13?,14-,15?,16-,17+,18+,19?,20?,21?,22?,23?,24-,25+,26+,27+,28+,29-,30+,31-,32-,33-/m0/s1. The molecule has 0 amide bonds. The van der Waals surface area contributed by atoms with E-state index in [0.717, 1.165) is 7.11 Å². The summed E-state index contributed by atoms with van der Waals surface area (Å²) in [5, 5.41) is 147. The first-order valence-corrected chi connectivity index (χ1v) is 18.8. The smallest absolute Gasteiger partial charge is 0.187 e. The van der Waals surface area contributed by atoms with Crippen molar-refractivity contribution in [3.05, 3.63) is 0 Å². The third kappa shape index (κ3) is 8.67. The maximum absolute atomic E-state index is 11.2. The second kappa shape index (κ2) is 19.6. The van der Waals surface area contributed by atoms with Crippen LogP contribution in [0.2, 0.25) is 0 Å². The fourth-order valence-corrected chi connectivity index (χ4v) is 8.38. The first-order chi connectivity index (χ1) is 27.6. The van der Waals surface area contributed by atoms with E-state index in [-0.39, 0.29) is 6.61 Å². The van der Waals surface area contributed by atoms with Gasteiger partial charge in [-0.05, 0) is 0 Å². The molecule has 0 radical (unpaired) electrons. The number of aliphatic hydroxyl groups excluding tert-OH is 14. The molecule has 6 rings (SSSR count).